The summed E-state index contributed by atoms with van der Waals surface area (Å²) in [6.45, 7) is 3.94. The second kappa shape index (κ2) is 4.65. The van der Waals surface area contributed by atoms with E-state index in [1.54, 1.807) is 11.3 Å². The van der Waals surface area contributed by atoms with E-state index in [1.807, 2.05) is 19.9 Å². The predicted molar refractivity (Wildman–Crippen MR) is 79.4 cm³/mol. The van der Waals surface area contributed by atoms with Gasteiger partial charge in [-0.3, -0.25) is 5.10 Å². The van der Waals surface area contributed by atoms with Crippen LogP contribution in [0.4, 0.5) is 0 Å². The first kappa shape index (κ1) is 13.2. The second-order valence-corrected chi connectivity index (χ2v) is 6.69. The van der Waals surface area contributed by atoms with E-state index >= 15 is 0 Å². The van der Waals surface area contributed by atoms with E-state index in [-0.39, 0.29) is 11.8 Å². The van der Waals surface area contributed by atoms with Crippen molar-refractivity contribution in [2.24, 2.45) is 5.73 Å². The lowest BCUT2D eigenvalue weighted by atomic mass is 9.89. The molecule has 7 heteroatoms. The molecule has 2 aromatic heterocycles. The maximum Gasteiger partial charge on any atom is 0.244 e. The van der Waals surface area contributed by atoms with Crippen LogP contribution in [0.1, 0.15) is 26.9 Å². The Morgan fingerprint density at radius 1 is 1.55 bits per heavy atom. The number of nitrogens with two attached hydrogens (primary N) is 1. The zero-order valence-electron chi connectivity index (χ0n) is 10.8. The van der Waals surface area contributed by atoms with Crippen LogP contribution in [0.3, 0.4) is 0 Å². The minimum atomic E-state index is -0.225. The molecule has 3 rings (SSSR count). The number of rotatable bonds is 1. The third-order valence-corrected chi connectivity index (χ3v) is 5.49. The Balaban J connectivity index is 2.25. The summed E-state index contributed by atoms with van der Waals surface area (Å²) in [5.74, 6) is 0.349. The molecule has 20 heavy (non-hydrogen) atoms. The number of ether oxygens (including phenoxy) is 1. The van der Waals surface area contributed by atoms with Crippen LogP contribution in [0.5, 0.6) is 5.88 Å². The minimum absolute atomic E-state index is 0.124. The predicted octanol–water partition coefficient (Wildman–Crippen LogP) is 3.07. The molecule has 1 aliphatic rings. The lowest BCUT2D eigenvalue weighted by Gasteiger charge is -2.22. The molecule has 0 bridgehead atoms. The summed E-state index contributed by atoms with van der Waals surface area (Å²) in [7, 11) is 0. The average Bonchev–Trinajstić information content (AvgIpc) is 2.92. The Labute approximate surface area is 128 Å². The van der Waals surface area contributed by atoms with Crippen molar-refractivity contribution < 1.29 is 4.74 Å². The number of aromatic nitrogens is 2. The highest BCUT2D eigenvalue weighted by atomic mass is 79.9. The molecule has 1 atom stereocenters. The van der Waals surface area contributed by atoms with Crippen molar-refractivity contribution in [2.45, 2.75) is 19.8 Å². The fourth-order valence-corrected chi connectivity index (χ4v) is 3.99. The first-order chi connectivity index (χ1) is 9.52. The summed E-state index contributed by atoms with van der Waals surface area (Å²) in [5.41, 5.74) is 8.05. The SMILES string of the molecule is Cc1[nH]nc2c1[C@@H](c1cc(Br)c(C)s1)C(C#N)=C(N)O2. The Kier molecular flexibility index (Phi) is 3.07. The zero-order chi connectivity index (χ0) is 14.4. The van der Waals surface area contributed by atoms with Gasteiger partial charge in [0, 0.05) is 19.9 Å². The number of fused-ring (bicyclic) bond motifs is 1. The van der Waals surface area contributed by atoms with E-state index in [1.165, 1.54) is 0 Å². The highest BCUT2D eigenvalue weighted by molar-refractivity contribution is 9.10. The number of nitriles is 1. The number of halogens is 1. The normalized spacial score (nSPS) is 17.6. The summed E-state index contributed by atoms with van der Waals surface area (Å²) >= 11 is 5.15. The van der Waals surface area contributed by atoms with Gasteiger partial charge in [0.15, 0.2) is 0 Å². The Morgan fingerprint density at radius 3 is 2.90 bits per heavy atom. The molecule has 3 N–H and O–H groups in total. The maximum atomic E-state index is 9.42. The van der Waals surface area contributed by atoms with E-state index < -0.39 is 0 Å². The highest BCUT2D eigenvalue weighted by Gasteiger charge is 2.35. The van der Waals surface area contributed by atoms with Crippen molar-refractivity contribution in [3.8, 4) is 11.9 Å². The standard InChI is InChI=1S/C13H11BrN4OS/c1-5-10-11(9-3-8(14)6(2)20-9)7(4-15)12(16)19-13(10)18-17-5/h3,11H,16H2,1-2H3,(H,17,18)/t11-/m1/s1. The number of aryl methyl sites for hydroxylation is 2. The molecule has 0 aromatic carbocycles. The molecular formula is C13H11BrN4OS. The molecule has 0 radical (unpaired) electrons. The molecule has 1 aliphatic heterocycles. The maximum absolute atomic E-state index is 9.42. The quantitative estimate of drug-likeness (QED) is 0.827. The van der Waals surface area contributed by atoms with Gasteiger partial charge in [0.2, 0.25) is 11.8 Å². The Hall–Kier alpha value is -1.78. The number of thiophene rings is 1. The summed E-state index contributed by atoms with van der Waals surface area (Å²) in [4.78, 5) is 2.20. The van der Waals surface area contributed by atoms with Gasteiger partial charge in [-0.05, 0) is 35.8 Å². The summed E-state index contributed by atoms with van der Waals surface area (Å²) in [6, 6.07) is 4.19. The third kappa shape index (κ3) is 1.84. The first-order valence-corrected chi connectivity index (χ1v) is 7.52. The number of aromatic amines is 1. The Morgan fingerprint density at radius 2 is 2.30 bits per heavy atom. The van der Waals surface area contributed by atoms with E-state index in [4.69, 9.17) is 10.5 Å². The summed E-state index contributed by atoms with van der Waals surface area (Å²) in [5, 5.41) is 16.4. The van der Waals surface area contributed by atoms with Gasteiger partial charge < -0.3 is 10.5 Å². The lowest BCUT2D eigenvalue weighted by molar-refractivity contribution is 0.379. The smallest absolute Gasteiger partial charge is 0.244 e. The number of H-pyrrole nitrogens is 1. The van der Waals surface area contributed by atoms with Crippen molar-refractivity contribution in [3.05, 3.63) is 43.0 Å². The lowest BCUT2D eigenvalue weighted by Crippen LogP contribution is -2.20. The summed E-state index contributed by atoms with van der Waals surface area (Å²) in [6.07, 6.45) is 0. The van der Waals surface area contributed by atoms with E-state index in [2.05, 4.69) is 32.2 Å². The van der Waals surface area contributed by atoms with Crippen molar-refractivity contribution in [2.75, 3.05) is 0 Å². The van der Waals surface area contributed by atoms with Crippen LogP contribution in [0.15, 0.2) is 22.0 Å². The van der Waals surface area contributed by atoms with Gasteiger partial charge in [0.1, 0.15) is 11.6 Å². The minimum Gasteiger partial charge on any atom is -0.420 e. The van der Waals surface area contributed by atoms with Crippen molar-refractivity contribution >= 4 is 27.3 Å². The van der Waals surface area contributed by atoms with Crippen LogP contribution in [-0.4, -0.2) is 10.2 Å². The first-order valence-electron chi connectivity index (χ1n) is 5.91. The van der Waals surface area contributed by atoms with Gasteiger partial charge in [-0.25, -0.2) is 0 Å². The molecule has 0 amide bonds. The van der Waals surface area contributed by atoms with E-state index in [0.717, 1.165) is 25.5 Å². The molecule has 0 unspecified atom stereocenters. The van der Waals surface area contributed by atoms with Crippen LogP contribution in [-0.2, 0) is 0 Å². The largest absolute Gasteiger partial charge is 0.420 e. The van der Waals surface area contributed by atoms with Crippen LogP contribution in [0.25, 0.3) is 0 Å². The van der Waals surface area contributed by atoms with Gasteiger partial charge >= 0.3 is 0 Å². The number of hydrogen-bond donors (Lipinski definition) is 2. The molecule has 0 fully saturated rings. The second-order valence-electron chi connectivity index (χ2n) is 4.55. The van der Waals surface area contributed by atoms with Crippen LogP contribution < -0.4 is 10.5 Å². The number of allylic oxidation sites excluding steroid dienone is 1. The van der Waals surface area contributed by atoms with Crippen LogP contribution in [0, 0.1) is 25.2 Å². The topological polar surface area (TPSA) is 87.7 Å². The molecule has 3 heterocycles. The molecule has 5 nitrogen and oxygen atoms in total. The number of nitrogens with one attached hydrogen (secondary N) is 1. The van der Waals surface area contributed by atoms with Crippen molar-refractivity contribution in [1.82, 2.24) is 10.2 Å². The Bertz CT molecular complexity index is 748. The molecular weight excluding hydrogens is 340 g/mol. The zero-order valence-corrected chi connectivity index (χ0v) is 13.2. The molecule has 102 valence electrons. The summed E-state index contributed by atoms with van der Waals surface area (Å²) < 4.78 is 6.46. The van der Waals surface area contributed by atoms with Gasteiger partial charge in [0.25, 0.3) is 0 Å². The van der Waals surface area contributed by atoms with E-state index in [0.29, 0.717) is 11.5 Å². The van der Waals surface area contributed by atoms with Crippen LogP contribution >= 0.6 is 27.3 Å². The molecule has 0 spiro atoms. The monoisotopic (exact) mass is 350 g/mol. The molecule has 0 aliphatic carbocycles. The van der Waals surface area contributed by atoms with Gasteiger partial charge in [-0.2, -0.15) is 5.26 Å². The van der Waals surface area contributed by atoms with E-state index in [9.17, 15) is 5.26 Å². The molecule has 2 aromatic rings. The fraction of sp³-hybridized carbons (Fsp3) is 0.231. The molecule has 0 saturated carbocycles. The highest BCUT2D eigenvalue weighted by Crippen LogP contribution is 2.45. The van der Waals surface area contributed by atoms with Gasteiger partial charge in [0.05, 0.1) is 11.5 Å². The average molecular weight is 351 g/mol. The van der Waals surface area contributed by atoms with Gasteiger partial charge in [-0.1, -0.05) is 0 Å². The van der Waals surface area contributed by atoms with Crippen LogP contribution in [0.2, 0.25) is 0 Å². The van der Waals surface area contributed by atoms with Crippen molar-refractivity contribution in [1.29, 1.82) is 5.26 Å². The fourth-order valence-electron chi connectivity index (χ4n) is 2.31. The van der Waals surface area contributed by atoms with Gasteiger partial charge in [-0.15, -0.1) is 16.4 Å². The number of hydrogen-bond acceptors (Lipinski definition) is 5. The molecule has 0 saturated heterocycles. The van der Waals surface area contributed by atoms with Crippen molar-refractivity contribution in [3.63, 3.8) is 0 Å². The number of nitrogens with zero attached hydrogens (tertiary/aromatic N) is 2. The third-order valence-electron chi connectivity index (χ3n) is 3.29.